The van der Waals surface area contributed by atoms with E-state index in [-0.39, 0.29) is 0 Å². The lowest BCUT2D eigenvalue weighted by molar-refractivity contribution is 0.460. The summed E-state index contributed by atoms with van der Waals surface area (Å²) in [7, 11) is 0. The fourth-order valence-electron chi connectivity index (χ4n) is 1.04. The van der Waals surface area contributed by atoms with Crippen molar-refractivity contribution in [2.75, 3.05) is 5.73 Å². The molecule has 2 rings (SSSR count). The van der Waals surface area contributed by atoms with E-state index in [4.69, 9.17) is 10.5 Å². The van der Waals surface area contributed by atoms with Crippen molar-refractivity contribution < 1.29 is 4.74 Å². The number of anilines is 1. The van der Waals surface area contributed by atoms with E-state index in [0.29, 0.717) is 5.69 Å². The average Bonchev–Trinajstić information content (AvgIpc) is 2.28. The van der Waals surface area contributed by atoms with E-state index in [1.165, 1.54) is 6.26 Å². The first kappa shape index (κ1) is 6.91. The summed E-state index contributed by atoms with van der Waals surface area (Å²) in [5.41, 5.74) is 6.31. The van der Waals surface area contributed by atoms with Crippen LogP contribution in [0.1, 0.15) is 0 Å². The van der Waals surface area contributed by atoms with E-state index in [0.717, 1.165) is 10.6 Å². The van der Waals surface area contributed by atoms with Crippen molar-refractivity contribution in [3.05, 3.63) is 41.2 Å². The van der Waals surface area contributed by atoms with E-state index in [2.05, 4.69) is 4.99 Å². The number of fused-ring (bicyclic) bond motifs is 1. The van der Waals surface area contributed by atoms with E-state index < -0.39 is 0 Å². The molecule has 1 aliphatic rings. The van der Waals surface area contributed by atoms with Crippen molar-refractivity contribution in [1.82, 2.24) is 0 Å². The van der Waals surface area contributed by atoms with Gasteiger partial charge in [-0.05, 0) is 18.2 Å². The van der Waals surface area contributed by atoms with E-state index >= 15 is 0 Å². The monoisotopic (exact) mass is 160 g/mol. The lowest BCUT2D eigenvalue weighted by Gasteiger charge is -1.91. The summed E-state index contributed by atoms with van der Waals surface area (Å²) in [5, 5.41) is 1.78. The summed E-state index contributed by atoms with van der Waals surface area (Å²) in [6.45, 7) is 0. The van der Waals surface area contributed by atoms with E-state index in [1.54, 1.807) is 12.5 Å². The standard InChI is InChI=1S/C9H8N2O/c10-8-1-2-9-7(5-8)6-12-4-3-11-9/h1-6H,10H2. The quantitative estimate of drug-likeness (QED) is 0.548. The summed E-state index contributed by atoms with van der Waals surface area (Å²) in [6, 6.07) is 5.50. The first-order valence-electron chi connectivity index (χ1n) is 3.60. The van der Waals surface area contributed by atoms with Crippen molar-refractivity contribution in [3.63, 3.8) is 0 Å². The minimum atomic E-state index is 0.714. The van der Waals surface area contributed by atoms with Crippen LogP contribution in [0, 0.1) is 0 Å². The third-order valence-electron chi connectivity index (χ3n) is 1.60. The molecule has 0 radical (unpaired) electrons. The molecule has 0 bridgehead atoms. The maximum absolute atomic E-state index is 5.60. The molecular formula is C9H8N2O. The Kier molecular flexibility index (Phi) is 1.55. The van der Waals surface area contributed by atoms with Gasteiger partial charge in [-0.15, -0.1) is 0 Å². The van der Waals surface area contributed by atoms with Crippen LogP contribution in [0.2, 0.25) is 0 Å². The number of hydrogen-bond donors (Lipinski definition) is 1. The minimum Gasteiger partial charge on any atom is -0.470 e. The topological polar surface area (TPSA) is 47.6 Å². The molecule has 1 aromatic rings. The number of rotatable bonds is 0. The molecule has 12 heavy (non-hydrogen) atoms. The van der Waals surface area contributed by atoms with Crippen LogP contribution in [0.4, 0.5) is 5.69 Å². The molecule has 0 atom stereocenters. The second kappa shape index (κ2) is 2.70. The normalized spacial score (nSPS) is 13.3. The second-order valence-electron chi connectivity index (χ2n) is 2.49. The van der Waals surface area contributed by atoms with Crippen molar-refractivity contribution in [3.8, 4) is 0 Å². The highest BCUT2D eigenvalue weighted by atomic mass is 16.5. The lowest BCUT2D eigenvalue weighted by Crippen LogP contribution is -2.24. The molecule has 0 saturated carbocycles. The van der Waals surface area contributed by atoms with Gasteiger partial charge in [0.1, 0.15) is 6.26 Å². The zero-order chi connectivity index (χ0) is 8.39. The van der Waals surface area contributed by atoms with Gasteiger partial charge in [-0.25, -0.2) is 0 Å². The molecule has 0 aliphatic carbocycles. The van der Waals surface area contributed by atoms with Gasteiger partial charge in [-0.1, -0.05) is 0 Å². The summed E-state index contributed by atoms with van der Waals surface area (Å²) < 4.78 is 5.02. The molecule has 0 aromatic heterocycles. The predicted octanol–water partition coefficient (Wildman–Crippen LogP) is 0.128. The molecule has 0 fully saturated rings. The zero-order valence-corrected chi connectivity index (χ0v) is 6.40. The highest BCUT2D eigenvalue weighted by Crippen LogP contribution is 1.92. The third kappa shape index (κ3) is 1.16. The number of nitrogens with two attached hydrogens (primary N) is 1. The highest BCUT2D eigenvalue weighted by Gasteiger charge is 1.90. The molecule has 1 aromatic carbocycles. The maximum atomic E-state index is 5.60. The van der Waals surface area contributed by atoms with Crippen LogP contribution < -0.4 is 16.3 Å². The van der Waals surface area contributed by atoms with Crippen molar-refractivity contribution in [1.29, 1.82) is 0 Å². The van der Waals surface area contributed by atoms with Crippen LogP contribution in [0.15, 0.2) is 35.7 Å². The Bertz CT molecular complexity index is 434. The Morgan fingerprint density at radius 1 is 1.33 bits per heavy atom. The fraction of sp³-hybridized carbons (Fsp3) is 0. The van der Waals surface area contributed by atoms with E-state index in [9.17, 15) is 0 Å². The predicted molar refractivity (Wildman–Crippen MR) is 46.3 cm³/mol. The summed E-state index contributed by atoms with van der Waals surface area (Å²) in [4.78, 5) is 4.14. The molecule has 1 aliphatic heterocycles. The Morgan fingerprint density at radius 3 is 3.17 bits per heavy atom. The lowest BCUT2D eigenvalue weighted by atomic mass is 10.2. The molecule has 60 valence electrons. The van der Waals surface area contributed by atoms with Gasteiger partial charge < -0.3 is 10.5 Å². The smallest absolute Gasteiger partial charge is 0.108 e. The third-order valence-corrected chi connectivity index (χ3v) is 1.60. The number of nitrogen functional groups attached to an aromatic ring is 1. The van der Waals surface area contributed by atoms with Crippen molar-refractivity contribution in [2.45, 2.75) is 0 Å². The van der Waals surface area contributed by atoms with Gasteiger partial charge in [-0.3, -0.25) is 4.99 Å². The van der Waals surface area contributed by atoms with Crippen LogP contribution in [0.25, 0.3) is 6.26 Å². The van der Waals surface area contributed by atoms with Gasteiger partial charge >= 0.3 is 0 Å². The fourth-order valence-corrected chi connectivity index (χ4v) is 1.04. The molecule has 0 saturated heterocycles. The molecule has 0 spiro atoms. The Morgan fingerprint density at radius 2 is 2.25 bits per heavy atom. The number of benzene rings is 1. The number of ether oxygens (including phenoxy) is 1. The van der Waals surface area contributed by atoms with Crippen LogP contribution in [-0.2, 0) is 4.74 Å². The SMILES string of the molecule is Nc1ccc2c(c1)=COC=CN=2. The van der Waals surface area contributed by atoms with Crippen LogP contribution >= 0.6 is 0 Å². The van der Waals surface area contributed by atoms with Gasteiger partial charge in [0, 0.05) is 10.9 Å². The number of hydrogen-bond acceptors (Lipinski definition) is 3. The molecule has 0 unspecified atom stereocenters. The molecule has 0 amide bonds. The zero-order valence-electron chi connectivity index (χ0n) is 6.40. The second-order valence-corrected chi connectivity index (χ2v) is 2.49. The molecule has 3 nitrogen and oxygen atoms in total. The largest absolute Gasteiger partial charge is 0.470 e. The summed E-state index contributed by atoms with van der Waals surface area (Å²) in [6.07, 6.45) is 4.76. The van der Waals surface area contributed by atoms with Gasteiger partial charge in [0.25, 0.3) is 0 Å². The van der Waals surface area contributed by atoms with Crippen molar-refractivity contribution in [2.24, 2.45) is 4.99 Å². The number of nitrogens with zero attached hydrogens (tertiary/aromatic N) is 1. The Hall–Kier alpha value is -1.77. The first-order chi connectivity index (χ1) is 5.86. The van der Waals surface area contributed by atoms with Crippen LogP contribution in [-0.4, -0.2) is 0 Å². The Balaban J connectivity index is 2.78. The average molecular weight is 160 g/mol. The van der Waals surface area contributed by atoms with E-state index in [1.807, 2.05) is 18.2 Å². The summed E-state index contributed by atoms with van der Waals surface area (Å²) in [5.74, 6) is 0. The van der Waals surface area contributed by atoms with Crippen LogP contribution in [0.5, 0.6) is 0 Å². The van der Waals surface area contributed by atoms with Gasteiger partial charge in [0.05, 0.1) is 17.8 Å². The van der Waals surface area contributed by atoms with Gasteiger partial charge in [0.15, 0.2) is 0 Å². The summed E-state index contributed by atoms with van der Waals surface area (Å²) >= 11 is 0. The minimum absolute atomic E-state index is 0.714. The molecular weight excluding hydrogens is 152 g/mol. The molecule has 2 N–H and O–H groups in total. The van der Waals surface area contributed by atoms with Gasteiger partial charge in [0.2, 0.25) is 0 Å². The van der Waals surface area contributed by atoms with Crippen molar-refractivity contribution >= 4 is 11.9 Å². The maximum Gasteiger partial charge on any atom is 0.108 e. The highest BCUT2D eigenvalue weighted by molar-refractivity contribution is 5.39. The molecule has 3 heteroatoms. The van der Waals surface area contributed by atoms with Crippen LogP contribution in [0.3, 0.4) is 0 Å². The Labute approximate surface area is 69.5 Å². The first-order valence-corrected chi connectivity index (χ1v) is 3.60. The van der Waals surface area contributed by atoms with Gasteiger partial charge in [-0.2, -0.15) is 0 Å². The molecule has 1 heterocycles.